The Hall–Kier alpha value is -2.43. The molecule has 5 heteroatoms. The number of hydrogen-bond donors (Lipinski definition) is 0. The smallest absolute Gasteiger partial charge is 0.323 e. The summed E-state index contributed by atoms with van der Waals surface area (Å²) in [7, 11) is 2.47. The summed E-state index contributed by atoms with van der Waals surface area (Å²) in [6.45, 7) is 0. The van der Waals surface area contributed by atoms with Gasteiger partial charge in [0.25, 0.3) is 0 Å². The van der Waals surface area contributed by atoms with Crippen LogP contribution in [-0.2, 0) is 23.9 Å². The van der Waals surface area contributed by atoms with E-state index < -0.39 is 17.4 Å². The van der Waals surface area contributed by atoms with Crippen LogP contribution in [0.15, 0.2) is 35.9 Å². The van der Waals surface area contributed by atoms with E-state index in [0.717, 1.165) is 5.56 Å². The van der Waals surface area contributed by atoms with Crippen LogP contribution < -0.4 is 0 Å². The summed E-state index contributed by atoms with van der Waals surface area (Å²) in [5, 5.41) is 0. The zero-order valence-corrected chi connectivity index (χ0v) is 13.3. The van der Waals surface area contributed by atoms with Gasteiger partial charge in [0, 0.05) is 12.8 Å². The van der Waals surface area contributed by atoms with Gasteiger partial charge < -0.3 is 9.47 Å². The van der Waals surface area contributed by atoms with Crippen molar-refractivity contribution in [2.24, 2.45) is 5.41 Å². The van der Waals surface area contributed by atoms with Crippen LogP contribution in [-0.4, -0.2) is 31.9 Å². The highest BCUT2D eigenvalue weighted by Crippen LogP contribution is 2.39. The molecule has 1 fully saturated rings. The van der Waals surface area contributed by atoms with Crippen LogP contribution in [0, 0.1) is 5.41 Å². The van der Waals surface area contributed by atoms with Crippen LogP contribution in [0.25, 0.3) is 6.08 Å². The quantitative estimate of drug-likeness (QED) is 0.371. The number of carbonyl (C=O) groups is 3. The van der Waals surface area contributed by atoms with Gasteiger partial charge in [-0.2, -0.15) is 0 Å². The molecule has 0 N–H and O–H groups in total. The normalized spacial score (nSPS) is 19.0. The largest absolute Gasteiger partial charge is 0.468 e. The Balaban J connectivity index is 2.46. The number of allylic oxidation sites excluding steroid dienone is 1. The summed E-state index contributed by atoms with van der Waals surface area (Å²) in [6.07, 6.45) is 2.71. The van der Waals surface area contributed by atoms with E-state index in [1.165, 1.54) is 14.2 Å². The lowest BCUT2D eigenvalue weighted by Gasteiger charge is -2.26. The van der Waals surface area contributed by atoms with E-state index in [9.17, 15) is 14.4 Å². The van der Waals surface area contributed by atoms with E-state index >= 15 is 0 Å². The predicted molar refractivity (Wildman–Crippen MR) is 84.4 cm³/mol. The van der Waals surface area contributed by atoms with Crippen molar-refractivity contribution in [3.8, 4) is 0 Å². The van der Waals surface area contributed by atoms with E-state index in [1.54, 1.807) is 6.08 Å². The van der Waals surface area contributed by atoms with Gasteiger partial charge in [0.15, 0.2) is 11.2 Å². The van der Waals surface area contributed by atoms with Crippen LogP contribution in [0.3, 0.4) is 0 Å². The molecule has 0 atom stereocenters. The average molecular weight is 316 g/mol. The Bertz CT molecular complexity index is 614. The Labute approximate surface area is 135 Å². The summed E-state index contributed by atoms with van der Waals surface area (Å²) < 4.78 is 9.65. The molecule has 1 aliphatic carbocycles. The fraction of sp³-hybridized carbons (Fsp3) is 0.389. The molecule has 5 nitrogen and oxygen atoms in total. The van der Waals surface area contributed by atoms with Gasteiger partial charge in [-0.05, 0) is 30.1 Å². The maximum absolute atomic E-state index is 12.4. The second-order valence-electron chi connectivity index (χ2n) is 5.60. The first-order chi connectivity index (χ1) is 11.0. The number of methoxy groups -OCH3 is 2. The maximum atomic E-state index is 12.4. The molecule has 0 aromatic heterocycles. The van der Waals surface area contributed by atoms with E-state index in [2.05, 4.69) is 0 Å². The summed E-state index contributed by atoms with van der Waals surface area (Å²) in [5.74, 6) is -1.36. The molecule has 0 spiro atoms. The van der Waals surface area contributed by atoms with Crippen molar-refractivity contribution in [2.75, 3.05) is 14.2 Å². The summed E-state index contributed by atoms with van der Waals surface area (Å²) in [5.41, 5.74) is -0.151. The minimum absolute atomic E-state index is 0.0000737. The first-order valence-corrected chi connectivity index (χ1v) is 7.49. The van der Waals surface area contributed by atoms with Crippen molar-refractivity contribution in [1.29, 1.82) is 0 Å². The topological polar surface area (TPSA) is 69.7 Å². The number of benzene rings is 1. The van der Waals surface area contributed by atoms with Gasteiger partial charge in [0.1, 0.15) is 0 Å². The molecule has 0 heterocycles. The van der Waals surface area contributed by atoms with Crippen LogP contribution in [0.5, 0.6) is 0 Å². The Morgan fingerprint density at radius 1 is 1.09 bits per heavy atom. The Morgan fingerprint density at radius 2 is 1.70 bits per heavy atom. The predicted octanol–water partition coefficient (Wildman–Crippen LogP) is 2.55. The average Bonchev–Trinajstić information content (AvgIpc) is 2.74. The highest BCUT2D eigenvalue weighted by atomic mass is 16.5. The number of ether oxygens (including phenoxy) is 2. The summed E-state index contributed by atoms with van der Waals surface area (Å²) >= 11 is 0. The monoisotopic (exact) mass is 316 g/mol. The number of rotatable bonds is 3. The molecule has 0 saturated heterocycles. The van der Waals surface area contributed by atoms with Gasteiger partial charge >= 0.3 is 11.9 Å². The Morgan fingerprint density at radius 3 is 2.26 bits per heavy atom. The van der Waals surface area contributed by atoms with Crippen molar-refractivity contribution in [3.05, 3.63) is 41.5 Å². The molecule has 122 valence electrons. The second kappa shape index (κ2) is 7.22. The molecule has 0 radical (unpaired) electrons. The third-order valence-electron chi connectivity index (χ3n) is 4.15. The van der Waals surface area contributed by atoms with E-state index in [4.69, 9.17) is 9.47 Å². The molecule has 0 bridgehead atoms. The van der Waals surface area contributed by atoms with Gasteiger partial charge in [-0.1, -0.05) is 30.3 Å². The number of carbonyl (C=O) groups excluding carboxylic acids is 3. The number of hydrogen-bond acceptors (Lipinski definition) is 5. The van der Waals surface area contributed by atoms with Gasteiger partial charge in [0.05, 0.1) is 14.2 Å². The highest BCUT2D eigenvalue weighted by molar-refractivity contribution is 6.06. The SMILES string of the molecule is COC(=O)C1(C(=O)OC)CCCC(=O)/C(=C/c2ccccc2)C1. The molecule has 1 aliphatic rings. The van der Waals surface area contributed by atoms with Crippen LogP contribution in [0.2, 0.25) is 0 Å². The molecular weight excluding hydrogens is 296 g/mol. The first kappa shape index (κ1) is 16.9. The van der Waals surface area contributed by atoms with E-state index in [0.29, 0.717) is 18.4 Å². The lowest BCUT2D eigenvalue weighted by Crippen LogP contribution is -2.41. The standard InChI is InChI=1S/C18H20O5/c1-22-16(20)18(17(21)23-2)10-6-9-15(19)14(12-18)11-13-7-4-3-5-8-13/h3-5,7-8,11H,6,9-10,12H2,1-2H3/b14-11+. The molecule has 1 aromatic carbocycles. The second-order valence-corrected chi connectivity index (χ2v) is 5.60. The third-order valence-corrected chi connectivity index (χ3v) is 4.15. The van der Waals surface area contributed by atoms with Crippen LogP contribution in [0.1, 0.15) is 31.2 Å². The molecule has 0 aliphatic heterocycles. The van der Waals surface area contributed by atoms with Crippen LogP contribution in [0.4, 0.5) is 0 Å². The number of esters is 2. The fourth-order valence-corrected chi connectivity index (χ4v) is 2.93. The molecule has 0 amide bonds. The minimum Gasteiger partial charge on any atom is -0.468 e. The van der Waals surface area contributed by atoms with Gasteiger partial charge in [-0.15, -0.1) is 0 Å². The van der Waals surface area contributed by atoms with Gasteiger partial charge in [0.2, 0.25) is 0 Å². The lowest BCUT2D eigenvalue weighted by molar-refractivity contribution is -0.169. The maximum Gasteiger partial charge on any atom is 0.323 e. The highest BCUT2D eigenvalue weighted by Gasteiger charge is 2.50. The first-order valence-electron chi connectivity index (χ1n) is 7.49. The van der Waals surface area contributed by atoms with Gasteiger partial charge in [-0.25, -0.2) is 0 Å². The summed E-state index contributed by atoms with van der Waals surface area (Å²) in [4.78, 5) is 36.9. The molecule has 0 unspecified atom stereocenters. The van der Waals surface area contributed by atoms with Crippen molar-refractivity contribution in [3.63, 3.8) is 0 Å². The van der Waals surface area contributed by atoms with Crippen molar-refractivity contribution in [1.82, 2.24) is 0 Å². The van der Waals surface area contributed by atoms with E-state index in [1.807, 2.05) is 30.3 Å². The zero-order valence-electron chi connectivity index (χ0n) is 13.3. The molecule has 2 rings (SSSR count). The molecule has 1 aromatic rings. The molecular formula is C18H20O5. The fourth-order valence-electron chi connectivity index (χ4n) is 2.93. The van der Waals surface area contributed by atoms with Crippen molar-refractivity contribution in [2.45, 2.75) is 25.7 Å². The molecule has 23 heavy (non-hydrogen) atoms. The minimum atomic E-state index is -1.45. The number of ketones is 1. The molecule has 1 saturated carbocycles. The van der Waals surface area contributed by atoms with Crippen LogP contribution >= 0.6 is 0 Å². The third kappa shape index (κ3) is 3.50. The lowest BCUT2D eigenvalue weighted by atomic mass is 9.78. The Kier molecular flexibility index (Phi) is 5.32. The summed E-state index contributed by atoms with van der Waals surface area (Å²) in [6, 6.07) is 9.33. The van der Waals surface area contributed by atoms with E-state index in [-0.39, 0.29) is 18.6 Å². The zero-order chi connectivity index (χ0) is 16.9. The number of Topliss-reactive ketones (excluding diaryl/α,β-unsaturated/α-hetero) is 1. The van der Waals surface area contributed by atoms with Crippen molar-refractivity contribution >= 4 is 23.8 Å². The van der Waals surface area contributed by atoms with Crippen molar-refractivity contribution < 1.29 is 23.9 Å². The van der Waals surface area contributed by atoms with Gasteiger partial charge in [-0.3, -0.25) is 14.4 Å².